The number of nitrogens with one attached hydrogen (secondary N) is 3. The van der Waals surface area contributed by atoms with Crippen LogP contribution in [0.25, 0.3) is 0 Å². The standard InChI is InChI=1S/C13H11F5N4O/c1-6-9(5-19-22-6)20-12(23)21-11(13(16,17)18)10-7(14)3-2-4-8(10)15/h2-5,11H,1H3,(H,19,22)(H2,20,21,23)/t11-/m1/s1. The third-order valence-corrected chi connectivity index (χ3v) is 2.97. The van der Waals surface area contributed by atoms with E-state index < -0.39 is 35.4 Å². The van der Waals surface area contributed by atoms with Gasteiger partial charge in [-0.25, -0.2) is 13.6 Å². The van der Waals surface area contributed by atoms with Gasteiger partial charge < -0.3 is 10.6 Å². The Bertz CT molecular complexity index is 692. The number of nitrogens with zero attached hydrogens (tertiary/aromatic N) is 1. The Labute approximate surface area is 126 Å². The summed E-state index contributed by atoms with van der Waals surface area (Å²) in [5, 5.41) is 9.69. The van der Waals surface area contributed by atoms with Crippen molar-refractivity contribution >= 4 is 11.7 Å². The van der Waals surface area contributed by atoms with E-state index in [1.54, 1.807) is 0 Å². The number of halogens is 5. The highest BCUT2D eigenvalue weighted by atomic mass is 19.4. The molecular weight excluding hydrogens is 323 g/mol. The maximum atomic E-state index is 13.6. The molecule has 2 aromatic rings. The number of benzene rings is 1. The zero-order valence-electron chi connectivity index (χ0n) is 11.6. The molecule has 3 N–H and O–H groups in total. The number of aromatic nitrogens is 2. The number of hydrogen-bond donors (Lipinski definition) is 3. The Kier molecular flexibility index (Phi) is 4.52. The topological polar surface area (TPSA) is 69.8 Å². The van der Waals surface area contributed by atoms with E-state index in [9.17, 15) is 26.7 Å². The summed E-state index contributed by atoms with van der Waals surface area (Å²) < 4.78 is 66.5. The van der Waals surface area contributed by atoms with Crippen LogP contribution >= 0.6 is 0 Å². The second kappa shape index (κ2) is 6.23. The van der Waals surface area contributed by atoms with Gasteiger partial charge in [-0.05, 0) is 19.1 Å². The maximum absolute atomic E-state index is 13.6. The van der Waals surface area contributed by atoms with Crippen molar-refractivity contribution in [2.45, 2.75) is 19.1 Å². The van der Waals surface area contributed by atoms with Crippen LogP contribution in [0, 0.1) is 18.6 Å². The first-order valence-electron chi connectivity index (χ1n) is 6.28. The maximum Gasteiger partial charge on any atom is 0.413 e. The number of alkyl halides is 3. The molecule has 0 aliphatic carbocycles. The fraction of sp³-hybridized carbons (Fsp3) is 0.231. The first-order chi connectivity index (χ1) is 10.7. The number of aryl methyl sites for hydroxylation is 1. The van der Waals surface area contributed by atoms with E-state index in [1.165, 1.54) is 18.4 Å². The molecule has 1 atom stereocenters. The summed E-state index contributed by atoms with van der Waals surface area (Å²) in [5.74, 6) is -2.82. The van der Waals surface area contributed by atoms with Crippen LogP contribution in [0.5, 0.6) is 0 Å². The molecule has 1 heterocycles. The van der Waals surface area contributed by atoms with Crippen LogP contribution in [0.4, 0.5) is 32.4 Å². The molecule has 0 radical (unpaired) electrons. The van der Waals surface area contributed by atoms with Crippen molar-refractivity contribution in [1.29, 1.82) is 0 Å². The number of H-pyrrole nitrogens is 1. The average molecular weight is 334 g/mol. The van der Waals surface area contributed by atoms with Crippen molar-refractivity contribution < 1.29 is 26.7 Å². The molecule has 124 valence electrons. The summed E-state index contributed by atoms with van der Waals surface area (Å²) >= 11 is 0. The molecule has 10 heteroatoms. The van der Waals surface area contributed by atoms with Gasteiger partial charge in [0.2, 0.25) is 0 Å². The summed E-state index contributed by atoms with van der Waals surface area (Å²) in [5.41, 5.74) is -0.739. The lowest BCUT2D eigenvalue weighted by molar-refractivity contribution is -0.155. The van der Waals surface area contributed by atoms with Gasteiger partial charge in [0.1, 0.15) is 11.6 Å². The molecule has 2 amide bonds. The molecule has 0 fully saturated rings. The minimum absolute atomic E-state index is 0.137. The number of amides is 2. The van der Waals surface area contributed by atoms with Crippen LogP contribution in [0.1, 0.15) is 17.3 Å². The number of anilines is 1. The molecule has 1 aromatic carbocycles. The molecule has 0 saturated carbocycles. The number of rotatable bonds is 3. The summed E-state index contributed by atoms with van der Waals surface area (Å²) in [6.45, 7) is 1.53. The molecule has 2 rings (SSSR count). The Hall–Kier alpha value is -2.65. The fourth-order valence-corrected chi connectivity index (χ4v) is 1.87. The number of carbonyl (C=O) groups is 1. The summed E-state index contributed by atoms with van der Waals surface area (Å²) in [6.07, 6.45) is -3.91. The predicted molar refractivity (Wildman–Crippen MR) is 70.6 cm³/mol. The van der Waals surface area contributed by atoms with Gasteiger partial charge in [-0.15, -0.1) is 0 Å². The number of hydrogen-bond acceptors (Lipinski definition) is 2. The van der Waals surface area contributed by atoms with Crippen molar-refractivity contribution in [2.75, 3.05) is 5.32 Å². The molecule has 0 bridgehead atoms. The highest BCUT2D eigenvalue weighted by Crippen LogP contribution is 2.35. The van der Waals surface area contributed by atoms with E-state index >= 15 is 0 Å². The van der Waals surface area contributed by atoms with Crippen LogP contribution in [0.2, 0.25) is 0 Å². The smallest absolute Gasteiger partial charge is 0.322 e. The molecule has 23 heavy (non-hydrogen) atoms. The van der Waals surface area contributed by atoms with Crippen molar-refractivity contribution in [1.82, 2.24) is 15.5 Å². The van der Waals surface area contributed by atoms with E-state index in [0.29, 0.717) is 17.8 Å². The first kappa shape index (κ1) is 16.7. The van der Waals surface area contributed by atoms with E-state index in [2.05, 4.69) is 15.5 Å². The van der Waals surface area contributed by atoms with Gasteiger partial charge in [-0.2, -0.15) is 18.3 Å². The highest BCUT2D eigenvalue weighted by Gasteiger charge is 2.44. The fourth-order valence-electron chi connectivity index (χ4n) is 1.87. The Morgan fingerprint density at radius 2 is 1.87 bits per heavy atom. The Morgan fingerprint density at radius 3 is 2.35 bits per heavy atom. The molecule has 0 aliphatic rings. The lowest BCUT2D eigenvalue weighted by Gasteiger charge is -2.23. The van der Waals surface area contributed by atoms with E-state index in [-0.39, 0.29) is 5.69 Å². The highest BCUT2D eigenvalue weighted by molar-refractivity contribution is 5.90. The minimum atomic E-state index is -5.09. The van der Waals surface area contributed by atoms with E-state index in [0.717, 1.165) is 6.07 Å². The van der Waals surface area contributed by atoms with Gasteiger partial charge in [0.15, 0.2) is 6.04 Å². The summed E-state index contributed by atoms with van der Waals surface area (Å²) in [7, 11) is 0. The number of carbonyl (C=O) groups excluding carboxylic acids is 1. The second-order valence-corrected chi connectivity index (χ2v) is 4.62. The molecule has 5 nitrogen and oxygen atoms in total. The van der Waals surface area contributed by atoms with Crippen molar-refractivity contribution in [3.8, 4) is 0 Å². The second-order valence-electron chi connectivity index (χ2n) is 4.62. The molecule has 0 aliphatic heterocycles. The van der Waals surface area contributed by atoms with E-state index in [4.69, 9.17) is 0 Å². The zero-order valence-corrected chi connectivity index (χ0v) is 11.6. The molecule has 0 spiro atoms. The van der Waals surface area contributed by atoms with E-state index in [1.807, 2.05) is 0 Å². The third kappa shape index (κ3) is 3.76. The van der Waals surface area contributed by atoms with Crippen LogP contribution in [0.15, 0.2) is 24.4 Å². The lowest BCUT2D eigenvalue weighted by Crippen LogP contribution is -2.41. The zero-order chi connectivity index (χ0) is 17.2. The van der Waals surface area contributed by atoms with Crippen molar-refractivity contribution in [2.24, 2.45) is 0 Å². The van der Waals surface area contributed by atoms with Gasteiger partial charge in [-0.1, -0.05) is 6.07 Å². The van der Waals surface area contributed by atoms with Gasteiger partial charge in [0.25, 0.3) is 0 Å². The monoisotopic (exact) mass is 334 g/mol. The van der Waals surface area contributed by atoms with Crippen molar-refractivity contribution in [3.05, 3.63) is 47.3 Å². The normalized spacial score (nSPS) is 12.8. The largest absolute Gasteiger partial charge is 0.413 e. The molecule has 0 saturated heterocycles. The van der Waals surface area contributed by atoms with Gasteiger partial charge >= 0.3 is 12.2 Å². The minimum Gasteiger partial charge on any atom is -0.322 e. The Balaban J connectivity index is 2.27. The first-order valence-corrected chi connectivity index (χ1v) is 6.28. The summed E-state index contributed by atoms with van der Waals surface area (Å²) in [4.78, 5) is 11.7. The lowest BCUT2D eigenvalue weighted by atomic mass is 10.1. The molecular formula is C13H11F5N4O. The molecule has 1 aromatic heterocycles. The average Bonchev–Trinajstić information content (AvgIpc) is 2.81. The van der Waals surface area contributed by atoms with Crippen LogP contribution in [-0.2, 0) is 0 Å². The number of urea groups is 1. The molecule has 0 unspecified atom stereocenters. The van der Waals surface area contributed by atoms with Crippen LogP contribution in [0.3, 0.4) is 0 Å². The van der Waals surface area contributed by atoms with Crippen LogP contribution in [-0.4, -0.2) is 22.4 Å². The predicted octanol–water partition coefficient (Wildman–Crippen LogP) is 3.42. The quantitative estimate of drug-likeness (QED) is 0.753. The van der Waals surface area contributed by atoms with Gasteiger partial charge in [-0.3, -0.25) is 5.10 Å². The number of aromatic amines is 1. The SMILES string of the molecule is Cc1[nH]ncc1NC(=O)N[C@H](c1c(F)cccc1F)C(F)(F)F. The Morgan fingerprint density at radius 1 is 1.26 bits per heavy atom. The summed E-state index contributed by atoms with van der Waals surface area (Å²) in [6, 6.07) is -1.83. The van der Waals surface area contributed by atoms with Crippen LogP contribution < -0.4 is 10.6 Å². The van der Waals surface area contributed by atoms with Gasteiger partial charge in [0.05, 0.1) is 23.1 Å². The third-order valence-electron chi connectivity index (χ3n) is 2.97. The van der Waals surface area contributed by atoms with Gasteiger partial charge in [0, 0.05) is 0 Å². The van der Waals surface area contributed by atoms with Crippen molar-refractivity contribution in [3.63, 3.8) is 0 Å².